The van der Waals surface area contributed by atoms with Crippen molar-refractivity contribution < 1.29 is 122 Å². The Morgan fingerprint density at radius 2 is 0.188 bits per heavy atom. The van der Waals surface area contributed by atoms with Crippen molar-refractivity contribution in [2.75, 3.05) is 0 Å². The molecule has 0 aromatic heterocycles. The van der Waals surface area contributed by atoms with Gasteiger partial charge in [-0.1, -0.05) is 0 Å². The van der Waals surface area contributed by atoms with Crippen molar-refractivity contribution in [1.82, 2.24) is 0 Å². The Balaban J connectivity index is 0. The average molecular weight is 731 g/mol. The van der Waals surface area contributed by atoms with Gasteiger partial charge in [0.05, 0.1) is 0 Å². The number of nitrogens with zero attached hydrogens (tertiary/aromatic N) is 10. The summed E-state index contributed by atoms with van der Waals surface area (Å²) in [5.41, 5.74) is 0. The molecule has 0 atom stereocenters. The minimum Gasteiger partial charge on any atom is -3.00 e. The molecule has 16 heteroatoms. The van der Waals surface area contributed by atoms with Crippen molar-refractivity contribution in [2.24, 2.45) is 0 Å². The van der Waals surface area contributed by atoms with E-state index in [-0.39, 0.29) is 183 Å². The molecule has 16 heavy (non-hydrogen) atoms. The van der Waals surface area contributed by atoms with E-state index < -0.39 is 0 Å². The minimum atomic E-state index is 0. The zero-order valence-electron chi connectivity index (χ0n) is 6.76. The van der Waals surface area contributed by atoms with Gasteiger partial charge in [-0.3, -0.25) is 0 Å². The van der Waals surface area contributed by atoms with Crippen LogP contribution in [0, 0.1) is 0 Å². The second-order valence-electron chi connectivity index (χ2n) is 0. The van der Waals surface area contributed by atoms with Gasteiger partial charge in [0.2, 0.25) is 0 Å². The van der Waals surface area contributed by atoms with E-state index in [0.29, 0.717) is 0 Å². The Hall–Kier alpha value is 3.54. The van der Waals surface area contributed by atoms with E-state index >= 15 is 0 Å². The van der Waals surface area contributed by atoms with Gasteiger partial charge in [0.25, 0.3) is 0 Å². The summed E-state index contributed by atoms with van der Waals surface area (Å²) < 4.78 is 0. The monoisotopic (exact) mass is 739 g/mol. The number of hydrogen-bond donors (Lipinski definition) is 0. The smallest absolute Gasteiger partial charge is 3.00 e. The summed E-state index contributed by atoms with van der Waals surface area (Å²) in [5.74, 6) is 0. The molecule has 0 bridgehead atoms. The summed E-state index contributed by atoms with van der Waals surface area (Å²) in [7, 11) is 0. The fourth-order valence-electron chi connectivity index (χ4n) is 0. The largest absolute Gasteiger partial charge is 6.00 e. The molecule has 0 heterocycles. The van der Waals surface area contributed by atoms with E-state index in [0.717, 1.165) is 0 Å². The molecule has 10 nitrogen and oxygen atoms in total. The van der Waals surface area contributed by atoms with E-state index in [4.69, 9.17) is 0 Å². The van der Waals surface area contributed by atoms with Crippen LogP contribution in [0.5, 0.6) is 0 Å². The third-order valence-electron chi connectivity index (χ3n) is 0. The maximum atomic E-state index is 0. The van der Waals surface area contributed by atoms with Gasteiger partial charge in [-0.25, -0.2) is 0 Å². The van der Waals surface area contributed by atoms with Gasteiger partial charge in [0.15, 0.2) is 0 Å². The number of rotatable bonds is 0. The van der Waals surface area contributed by atoms with Gasteiger partial charge in [-0.15, -0.1) is 0 Å². The summed E-state index contributed by atoms with van der Waals surface area (Å²) >= 11 is 0. The molecular weight excluding hydrogens is 731 g/mol. The average Bonchev–Trinajstić information content (AvgIpc) is 0. The van der Waals surface area contributed by atoms with Crippen LogP contribution in [-0.2, 0) is 122 Å². The molecule has 0 spiro atoms. The predicted octanol–water partition coefficient (Wildman–Crippen LogP) is 2.87. The van der Waals surface area contributed by atoms with Crippen molar-refractivity contribution >= 4 is 0 Å². The molecule has 0 aliphatic carbocycles. The van der Waals surface area contributed by atoms with Crippen molar-refractivity contribution in [3.8, 4) is 0 Å². The van der Waals surface area contributed by atoms with Crippen molar-refractivity contribution in [1.29, 1.82) is 0 Å². The molecule has 0 aliphatic heterocycles. The first-order valence-corrected chi connectivity index (χ1v) is 0. The van der Waals surface area contributed by atoms with E-state index in [2.05, 4.69) is 0 Å². The summed E-state index contributed by atoms with van der Waals surface area (Å²) in [6.45, 7) is 0. The van der Waals surface area contributed by atoms with Gasteiger partial charge in [0, 0.05) is 0 Å². The Morgan fingerprint density at radius 3 is 0.188 bits per heavy atom. The first-order chi connectivity index (χ1) is 0. The summed E-state index contributed by atoms with van der Waals surface area (Å²) in [4.78, 5) is 0. The molecule has 0 unspecified atom stereocenters. The van der Waals surface area contributed by atoms with Gasteiger partial charge in [-0.2, -0.15) is 0 Å². The summed E-state index contributed by atoms with van der Waals surface area (Å²) in [5, 5.41) is 0. The van der Waals surface area contributed by atoms with Crippen LogP contribution in [0.3, 0.4) is 0 Å². The Kier molecular flexibility index (Phi) is 15300. The molecule has 0 saturated carbocycles. The fraction of sp³-hybridized carbons (Fsp3) is 0. The van der Waals surface area contributed by atoms with Crippen LogP contribution in [-0.4, -0.2) is 0 Å². The van der Waals surface area contributed by atoms with E-state index in [1.54, 1.807) is 0 Å². The van der Waals surface area contributed by atoms with Crippen LogP contribution >= 0.6 is 0 Å². The molecule has 0 saturated heterocycles. The SMILES string of the molecule is [Mo+6].[Mo+6].[Mo+6].[N-3].[N-3].[N-3].[N-3].[N-3].[N-3].[N-3].[N-3].[N-3].[N-3].[Ru+4].[Ru+4].[Ru+4]. The Morgan fingerprint density at radius 1 is 0.188 bits per heavy atom. The van der Waals surface area contributed by atoms with Crippen molar-refractivity contribution in [2.45, 2.75) is 0 Å². The normalized spacial score (nSPS) is 0. The summed E-state index contributed by atoms with van der Waals surface area (Å²) in [6, 6.07) is 0. The molecule has 92 valence electrons. The molecule has 0 fully saturated rings. The van der Waals surface area contributed by atoms with Crippen LogP contribution in [0.25, 0.3) is 61.5 Å². The van der Waals surface area contributed by atoms with E-state index in [1.807, 2.05) is 0 Å². The molecule has 0 aliphatic rings. The molecule has 0 aromatic carbocycles. The number of hydrogen-bond acceptors (Lipinski definition) is 0. The second-order valence-corrected chi connectivity index (χ2v) is 0. The quantitative estimate of drug-likeness (QED) is 0.325. The van der Waals surface area contributed by atoms with Crippen LogP contribution in [0.1, 0.15) is 0 Å². The molecule has 0 rings (SSSR count). The fourth-order valence-corrected chi connectivity index (χ4v) is 0. The Bertz CT molecular complexity index is 21.3. The standard InChI is InChI=1S/3Mo.10N.3Ru/q3*+6;10*-3;3*+4. The zero-order valence-corrected chi connectivity index (χ0v) is 18.0. The van der Waals surface area contributed by atoms with Gasteiger partial charge >= 0.3 is 122 Å². The van der Waals surface area contributed by atoms with Crippen LogP contribution in [0.15, 0.2) is 0 Å². The summed E-state index contributed by atoms with van der Waals surface area (Å²) in [6.07, 6.45) is 0. The maximum Gasteiger partial charge on any atom is 6.00 e. The van der Waals surface area contributed by atoms with Crippen LogP contribution in [0.2, 0.25) is 0 Å². The third kappa shape index (κ3) is 384. The van der Waals surface area contributed by atoms with E-state index in [1.165, 1.54) is 0 Å². The Labute approximate surface area is 181 Å². The van der Waals surface area contributed by atoms with Gasteiger partial charge in [0.1, 0.15) is 0 Å². The molecule has 0 aromatic rings. The van der Waals surface area contributed by atoms with Gasteiger partial charge in [-0.05, 0) is 0 Å². The topological polar surface area (TPSA) is 305 Å². The molecule has 0 N–H and O–H groups in total. The van der Waals surface area contributed by atoms with Crippen molar-refractivity contribution in [3.05, 3.63) is 61.5 Å². The van der Waals surface area contributed by atoms with Crippen LogP contribution in [0.4, 0.5) is 0 Å². The first kappa shape index (κ1) is 537. The van der Waals surface area contributed by atoms with Crippen molar-refractivity contribution in [3.63, 3.8) is 0 Å². The zero-order chi connectivity index (χ0) is 0. The third-order valence-corrected chi connectivity index (χ3v) is 0. The minimum absolute atomic E-state index is 0. The predicted molar refractivity (Wildman–Crippen MR) is 33.6 cm³/mol. The maximum absolute atomic E-state index is 0. The molecular formula is Mo3N10Ru3. The molecule has 0 radical (unpaired) electrons. The van der Waals surface area contributed by atoms with Crippen LogP contribution < -0.4 is 0 Å². The van der Waals surface area contributed by atoms with Gasteiger partial charge < -0.3 is 61.5 Å². The molecule has 0 amide bonds. The second kappa shape index (κ2) is 456. The van der Waals surface area contributed by atoms with E-state index in [9.17, 15) is 0 Å². The first-order valence-electron chi connectivity index (χ1n) is 0.